The molecular formula is C15H23ClF3N5O2. The number of nitrogens with two attached hydrogens (primary N) is 1. The van der Waals surface area contributed by atoms with Crippen molar-refractivity contribution in [2.24, 2.45) is 5.73 Å². The second-order valence-corrected chi connectivity index (χ2v) is 6.23. The largest absolute Gasteiger partial charge is 0.433 e. The number of halogens is 4. The van der Waals surface area contributed by atoms with E-state index in [9.17, 15) is 18.0 Å². The van der Waals surface area contributed by atoms with E-state index in [1.54, 1.807) is 18.7 Å². The van der Waals surface area contributed by atoms with Gasteiger partial charge in [-0.25, -0.2) is 9.97 Å². The number of amides is 1. The highest BCUT2D eigenvalue weighted by atomic mass is 35.5. The van der Waals surface area contributed by atoms with Gasteiger partial charge in [-0.05, 0) is 12.0 Å². The Bertz CT molecular complexity index is 622. The van der Waals surface area contributed by atoms with Crippen molar-refractivity contribution in [3.63, 3.8) is 0 Å². The Morgan fingerprint density at radius 1 is 1.27 bits per heavy atom. The third-order valence-corrected chi connectivity index (χ3v) is 4.00. The minimum Gasteiger partial charge on any atom is -0.394 e. The Labute approximate surface area is 155 Å². The number of carbonyl (C=O) groups excluding carboxylic acids is 1. The average Bonchev–Trinajstić information content (AvgIpc) is 2.59. The Kier molecular flexibility index (Phi) is 7.60. The quantitative estimate of drug-likeness (QED) is 0.787. The van der Waals surface area contributed by atoms with Crippen LogP contribution in [0, 0.1) is 0 Å². The summed E-state index contributed by atoms with van der Waals surface area (Å²) >= 11 is 0. The van der Waals surface area contributed by atoms with Gasteiger partial charge in [-0.1, -0.05) is 13.8 Å². The fourth-order valence-corrected chi connectivity index (χ4v) is 2.47. The lowest BCUT2D eigenvalue weighted by Gasteiger charge is -2.36. The second kappa shape index (κ2) is 8.83. The summed E-state index contributed by atoms with van der Waals surface area (Å²) in [7, 11) is 0. The molecule has 0 unspecified atom stereocenters. The topological polar surface area (TPSA) is 95.6 Å². The number of hydrogen-bond acceptors (Lipinski definition) is 6. The van der Waals surface area contributed by atoms with Crippen LogP contribution in [0.4, 0.5) is 19.1 Å². The molecule has 0 spiro atoms. The molecular weight excluding hydrogens is 375 g/mol. The van der Waals surface area contributed by atoms with Crippen LogP contribution in [-0.4, -0.2) is 64.7 Å². The summed E-state index contributed by atoms with van der Waals surface area (Å²) in [5.74, 6) is -0.541. The number of piperazine rings is 1. The smallest absolute Gasteiger partial charge is 0.394 e. The maximum absolute atomic E-state index is 13.1. The molecule has 1 aliphatic rings. The van der Waals surface area contributed by atoms with Crippen LogP contribution in [0.15, 0.2) is 6.07 Å². The van der Waals surface area contributed by atoms with Crippen molar-refractivity contribution in [3.8, 4) is 0 Å². The zero-order chi connectivity index (χ0) is 18.8. The molecule has 1 fully saturated rings. The minimum atomic E-state index is -4.55. The number of anilines is 1. The maximum atomic E-state index is 13.1. The number of rotatable bonds is 4. The summed E-state index contributed by atoms with van der Waals surface area (Å²) in [6.45, 7) is 4.23. The van der Waals surface area contributed by atoms with Gasteiger partial charge >= 0.3 is 6.18 Å². The number of nitrogens with zero attached hydrogens (tertiary/aromatic N) is 4. The molecule has 1 aromatic heterocycles. The highest BCUT2D eigenvalue weighted by Gasteiger charge is 2.35. The fraction of sp³-hybridized carbons (Fsp3) is 0.667. The molecule has 26 heavy (non-hydrogen) atoms. The van der Waals surface area contributed by atoms with Crippen LogP contribution < -0.4 is 10.6 Å². The van der Waals surface area contributed by atoms with E-state index in [0.29, 0.717) is 18.8 Å². The zero-order valence-corrected chi connectivity index (χ0v) is 15.3. The van der Waals surface area contributed by atoms with Crippen molar-refractivity contribution >= 4 is 24.3 Å². The molecule has 1 aromatic rings. The second-order valence-electron chi connectivity index (χ2n) is 6.23. The number of carbonyl (C=O) groups is 1. The summed E-state index contributed by atoms with van der Waals surface area (Å²) in [5.41, 5.74) is 4.86. The summed E-state index contributed by atoms with van der Waals surface area (Å²) < 4.78 is 39.2. The summed E-state index contributed by atoms with van der Waals surface area (Å²) in [5, 5.41) is 8.95. The van der Waals surface area contributed by atoms with E-state index in [2.05, 4.69) is 9.97 Å². The molecule has 0 aromatic carbocycles. The van der Waals surface area contributed by atoms with Crippen molar-refractivity contribution in [3.05, 3.63) is 17.5 Å². The highest BCUT2D eigenvalue weighted by Crippen LogP contribution is 2.30. The Hall–Kier alpha value is -1.65. The van der Waals surface area contributed by atoms with Gasteiger partial charge in [0.15, 0.2) is 0 Å². The van der Waals surface area contributed by atoms with Crippen molar-refractivity contribution in [2.75, 3.05) is 37.7 Å². The third-order valence-electron chi connectivity index (χ3n) is 4.00. The number of aliphatic hydroxyl groups excluding tert-OH is 1. The predicted molar refractivity (Wildman–Crippen MR) is 92.2 cm³/mol. The first-order chi connectivity index (χ1) is 11.6. The molecule has 1 aliphatic heterocycles. The minimum absolute atomic E-state index is 0. The molecule has 1 atom stereocenters. The van der Waals surface area contributed by atoms with Gasteiger partial charge in [0, 0.05) is 31.9 Å². The van der Waals surface area contributed by atoms with E-state index < -0.39 is 24.5 Å². The molecule has 2 rings (SSSR count). The number of hydrogen-bond donors (Lipinski definition) is 2. The van der Waals surface area contributed by atoms with Crippen LogP contribution in [-0.2, 0) is 11.0 Å². The van der Waals surface area contributed by atoms with E-state index in [-0.39, 0.29) is 43.3 Å². The number of aliphatic hydroxyl groups is 1. The fourth-order valence-electron chi connectivity index (χ4n) is 2.47. The van der Waals surface area contributed by atoms with Gasteiger partial charge in [0.2, 0.25) is 11.9 Å². The lowest BCUT2D eigenvalue weighted by molar-refractivity contribution is -0.141. The first-order valence-electron chi connectivity index (χ1n) is 7.99. The van der Waals surface area contributed by atoms with Crippen LogP contribution >= 0.6 is 12.4 Å². The number of aromatic nitrogens is 2. The third kappa shape index (κ3) is 5.18. The van der Waals surface area contributed by atoms with Gasteiger partial charge in [0.05, 0.1) is 6.61 Å². The number of alkyl halides is 3. The normalized spacial score (nSPS) is 16.5. The molecule has 3 N–H and O–H groups in total. The van der Waals surface area contributed by atoms with Gasteiger partial charge in [-0.2, -0.15) is 13.2 Å². The molecule has 148 valence electrons. The molecule has 0 saturated carbocycles. The molecule has 0 bridgehead atoms. The molecule has 0 radical (unpaired) electrons. The summed E-state index contributed by atoms with van der Waals surface area (Å²) in [6.07, 6.45) is -4.55. The SMILES string of the molecule is CC(C)c1cc(C(F)(F)F)nc(N2CCN(C(=O)[C@@H](N)CO)CC2)n1.Cl. The van der Waals surface area contributed by atoms with Crippen LogP contribution in [0.2, 0.25) is 0 Å². The van der Waals surface area contributed by atoms with Crippen molar-refractivity contribution in [1.82, 2.24) is 14.9 Å². The Morgan fingerprint density at radius 2 is 1.85 bits per heavy atom. The van der Waals surface area contributed by atoms with Crippen molar-refractivity contribution in [1.29, 1.82) is 0 Å². The highest BCUT2D eigenvalue weighted by molar-refractivity contribution is 5.85. The molecule has 2 heterocycles. The van der Waals surface area contributed by atoms with Crippen molar-refractivity contribution < 1.29 is 23.1 Å². The Morgan fingerprint density at radius 3 is 2.31 bits per heavy atom. The summed E-state index contributed by atoms with van der Waals surface area (Å²) in [6, 6.07) is -0.0160. The molecule has 0 aliphatic carbocycles. The molecule has 11 heteroatoms. The van der Waals surface area contributed by atoms with Gasteiger partial charge in [0.25, 0.3) is 0 Å². The van der Waals surface area contributed by atoms with Gasteiger partial charge in [-0.3, -0.25) is 4.79 Å². The van der Waals surface area contributed by atoms with E-state index >= 15 is 0 Å². The zero-order valence-electron chi connectivity index (χ0n) is 14.5. The standard InChI is InChI=1S/C15H22F3N5O2.ClH/c1-9(2)11-7-12(15(16,17)18)21-14(20-11)23-5-3-22(4-6-23)13(25)10(19)8-24;/h7,9-10,24H,3-6,8,19H2,1-2H3;1H/t10-;/m0./s1. The van der Waals surface area contributed by atoms with E-state index in [4.69, 9.17) is 10.8 Å². The van der Waals surface area contributed by atoms with Crippen LogP contribution in [0.3, 0.4) is 0 Å². The molecule has 7 nitrogen and oxygen atoms in total. The maximum Gasteiger partial charge on any atom is 0.433 e. The lowest BCUT2D eigenvalue weighted by Crippen LogP contribution is -2.54. The molecule has 1 saturated heterocycles. The first kappa shape index (κ1) is 22.4. The van der Waals surface area contributed by atoms with Crippen molar-refractivity contribution in [2.45, 2.75) is 32.0 Å². The molecule has 1 amide bonds. The average molecular weight is 398 g/mol. The Balaban J connectivity index is 0.00000338. The predicted octanol–water partition coefficient (Wildman–Crippen LogP) is 1.01. The first-order valence-corrected chi connectivity index (χ1v) is 7.99. The van der Waals surface area contributed by atoms with E-state index in [1.165, 1.54) is 4.90 Å². The van der Waals surface area contributed by atoms with E-state index in [1.807, 2.05) is 0 Å². The van der Waals surface area contributed by atoms with Crippen LogP contribution in [0.5, 0.6) is 0 Å². The van der Waals surface area contributed by atoms with Gasteiger partial charge in [0.1, 0.15) is 11.7 Å². The lowest BCUT2D eigenvalue weighted by atomic mass is 10.1. The van der Waals surface area contributed by atoms with E-state index in [0.717, 1.165) is 6.07 Å². The van der Waals surface area contributed by atoms with Gasteiger partial charge in [-0.15, -0.1) is 12.4 Å². The summed E-state index contributed by atoms with van der Waals surface area (Å²) in [4.78, 5) is 22.9. The van der Waals surface area contributed by atoms with Crippen LogP contribution in [0.1, 0.15) is 31.2 Å². The monoisotopic (exact) mass is 397 g/mol. The van der Waals surface area contributed by atoms with Gasteiger partial charge < -0.3 is 20.6 Å². The van der Waals surface area contributed by atoms with Crippen LogP contribution in [0.25, 0.3) is 0 Å².